The number of Topliss-reactive ketones (excluding diaryl/α,β-unsaturated/α-hetero) is 1. The number of hydrogen-bond donors (Lipinski definition) is 0. The number of imidazole rings is 1. The summed E-state index contributed by atoms with van der Waals surface area (Å²) in [6.45, 7) is 6.25. The van der Waals surface area contributed by atoms with Gasteiger partial charge in [0.25, 0.3) is 0 Å². The second-order valence-electron chi connectivity index (χ2n) is 7.39. The summed E-state index contributed by atoms with van der Waals surface area (Å²) in [6, 6.07) is 5.70. The Kier molecular flexibility index (Phi) is 5.48. The molecule has 0 radical (unpaired) electrons. The van der Waals surface area contributed by atoms with E-state index in [-0.39, 0.29) is 11.7 Å². The number of thiazole rings is 1. The Morgan fingerprint density at radius 3 is 2.79 bits per heavy atom. The Morgan fingerprint density at radius 2 is 2.10 bits per heavy atom. The first-order valence-corrected chi connectivity index (χ1v) is 10.6. The van der Waals surface area contributed by atoms with Crippen molar-refractivity contribution < 1.29 is 4.79 Å². The Bertz CT molecular complexity index is 1180. The van der Waals surface area contributed by atoms with Crippen LogP contribution in [0.2, 0.25) is 5.02 Å². The molecule has 0 unspecified atom stereocenters. The zero-order chi connectivity index (χ0) is 20.5. The number of aromatic nitrogens is 4. The maximum atomic E-state index is 12.8. The van der Waals surface area contributed by atoms with E-state index in [9.17, 15) is 4.79 Å². The van der Waals surface area contributed by atoms with Crippen LogP contribution >= 0.6 is 22.9 Å². The first kappa shape index (κ1) is 19.7. The van der Waals surface area contributed by atoms with E-state index in [4.69, 9.17) is 11.6 Å². The fraction of sp³-hybridized carbons (Fsp3) is 0.273. The van der Waals surface area contributed by atoms with Gasteiger partial charge in [0.05, 0.1) is 22.0 Å². The quantitative estimate of drug-likeness (QED) is 0.420. The van der Waals surface area contributed by atoms with Crippen LogP contribution in [0, 0.1) is 6.92 Å². The fourth-order valence-electron chi connectivity index (χ4n) is 3.60. The number of aryl methyl sites for hydroxylation is 1. The van der Waals surface area contributed by atoms with Gasteiger partial charge in [-0.15, -0.1) is 0 Å². The molecule has 0 spiro atoms. The lowest BCUT2D eigenvalue weighted by molar-refractivity contribution is -0.117. The molecule has 0 atom stereocenters. The molecule has 0 aliphatic carbocycles. The molecule has 1 aromatic carbocycles. The number of hydrogen-bond acceptors (Lipinski definition) is 5. The van der Waals surface area contributed by atoms with Crippen molar-refractivity contribution in [3.63, 3.8) is 0 Å². The molecule has 3 aromatic heterocycles. The average Bonchev–Trinajstić information content (AvgIpc) is 3.30. The first-order chi connectivity index (χ1) is 13.9. The van der Waals surface area contributed by atoms with E-state index in [1.54, 1.807) is 23.9 Å². The summed E-state index contributed by atoms with van der Waals surface area (Å²) in [5, 5.41) is 1.59. The molecule has 29 heavy (non-hydrogen) atoms. The van der Waals surface area contributed by atoms with Crippen LogP contribution in [0.3, 0.4) is 0 Å². The second kappa shape index (κ2) is 8.05. The van der Waals surface area contributed by atoms with Gasteiger partial charge in [-0.25, -0.2) is 15.0 Å². The first-order valence-electron chi connectivity index (χ1n) is 9.45. The molecule has 0 fully saturated rings. The van der Waals surface area contributed by atoms with Gasteiger partial charge < -0.3 is 4.57 Å². The fourth-order valence-corrected chi connectivity index (χ4v) is 4.67. The number of ketones is 1. The number of halogens is 1. The largest absolute Gasteiger partial charge is 0.305 e. The minimum Gasteiger partial charge on any atom is -0.305 e. The van der Waals surface area contributed by atoms with Crippen molar-refractivity contribution in [2.75, 3.05) is 0 Å². The van der Waals surface area contributed by atoms with Crippen molar-refractivity contribution >= 4 is 39.1 Å². The third-order valence-corrected chi connectivity index (χ3v) is 6.00. The summed E-state index contributed by atoms with van der Waals surface area (Å²) in [6.07, 6.45) is 7.74. The van der Waals surface area contributed by atoms with E-state index >= 15 is 0 Å². The average molecular weight is 425 g/mol. The van der Waals surface area contributed by atoms with Crippen LogP contribution in [0.5, 0.6) is 0 Å². The third-order valence-electron chi connectivity index (χ3n) is 4.82. The second-order valence-corrected chi connectivity index (χ2v) is 8.98. The van der Waals surface area contributed by atoms with Crippen LogP contribution in [0.15, 0.2) is 43.1 Å². The predicted molar refractivity (Wildman–Crippen MR) is 117 cm³/mol. The number of carbonyl (C=O) groups excluding carboxylic acids is 1. The Labute approximate surface area is 178 Å². The van der Waals surface area contributed by atoms with Crippen molar-refractivity contribution in [1.29, 1.82) is 0 Å². The number of rotatable bonds is 6. The maximum Gasteiger partial charge on any atom is 0.143 e. The molecule has 3 heterocycles. The normalized spacial score (nSPS) is 11.5. The SMILES string of the molecule is Cc1nc2c(C(C)C)c(CC(=O)Cc3ccc(-n4ccnc4)c(Cl)c3)cnc2s1. The molecule has 4 rings (SSSR count). The molecule has 0 saturated heterocycles. The van der Waals surface area contributed by atoms with Gasteiger partial charge in [-0.2, -0.15) is 0 Å². The predicted octanol–water partition coefficient (Wildman–Crippen LogP) is 5.32. The molecule has 4 aromatic rings. The highest BCUT2D eigenvalue weighted by Gasteiger charge is 2.18. The van der Waals surface area contributed by atoms with Gasteiger partial charge in [0.1, 0.15) is 16.1 Å². The highest BCUT2D eigenvalue weighted by atomic mass is 35.5. The van der Waals surface area contributed by atoms with E-state index in [0.29, 0.717) is 17.9 Å². The summed E-state index contributed by atoms with van der Waals surface area (Å²) in [5.74, 6) is 0.403. The van der Waals surface area contributed by atoms with Crippen LogP contribution in [-0.4, -0.2) is 25.3 Å². The standard InChI is InChI=1S/C22H21ClN4OS/c1-13(2)20-16(11-25-22-21(20)26-14(3)29-22)10-17(28)8-15-4-5-19(18(23)9-15)27-7-6-24-12-27/h4-7,9,11-13H,8,10H2,1-3H3. The van der Waals surface area contributed by atoms with Gasteiger partial charge in [-0.3, -0.25) is 4.79 Å². The third kappa shape index (κ3) is 4.09. The van der Waals surface area contributed by atoms with E-state index in [0.717, 1.165) is 37.7 Å². The highest BCUT2D eigenvalue weighted by Crippen LogP contribution is 2.31. The zero-order valence-corrected chi connectivity index (χ0v) is 18.1. The molecule has 0 N–H and O–H groups in total. The molecule has 0 bridgehead atoms. The molecule has 7 heteroatoms. The van der Waals surface area contributed by atoms with E-state index in [1.807, 2.05) is 42.1 Å². The smallest absolute Gasteiger partial charge is 0.143 e. The lowest BCUT2D eigenvalue weighted by Crippen LogP contribution is -2.10. The molecular weight excluding hydrogens is 404 g/mol. The lowest BCUT2D eigenvalue weighted by atomic mass is 9.93. The molecule has 0 amide bonds. The van der Waals surface area contributed by atoms with Crippen molar-refractivity contribution in [2.24, 2.45) is 0 Å². The Balaban J connectivity index is 1.56. The van der Waals surface area contributed by atoms with Crippen molar-refractivity contribution in [2.45, 2.75) is 39.5 Å². The summed E-state index contributed by atoms with van der Waals surface area (Å²) in [7, 11) is 0. The number of nitrogens with zero attached hydrogens (tertiary/aromatic N) is 4. The van der Waals surface area contributed by atoms with Gasteiger partial charge in [0.15, 0.2) is 0 Å². The monoisotopic (exact) mass is 424 g/mol. The van der Waals surface area contributed by atoms with Crippen LogP contribution in [0.1, 0.15) is 41.5 Å². The number of carbonyl (C=O) groups is 1. The number of fused-ring (bicyclic) bond motifs is 1. The molecule has 0 aliphatic heterocycles. The van der Waals surface area contributed by atoms with E-state index in [2.05, 4.69) is 28.8 Å². The van der Waals surface area contributed by atoms with Crippen LogP contribution < -0.4 is 0 Å². The molecule has 5 nitrogen and oxygen atoms in total. The van der Waals surface area contributed by atoms with Crippen molar-refractivity contribution in [1.82, 2.24) is 19.5 Å². The van der Waals surface area contributed by atoms with Crippen LogP contribution in [0.4, 0.5) is 0 Å². The topological polar surface area (TPSA) is 60.7 Å². The zero-order valence-electron chi connectivity index (χ0n) is 16.5. The van der Waals surface area contributed by atoms with E-state index in [1.165, 1.54) is 0 Å². The van der Waals surface area contributed by atoms with Crippen LogP contribution in [-0.2, 0) is 17.6 Å². The van der Waals surface area contributed by atoms with Gasteiger partial charge >= 0.3 is 0 Å². The lowest BCUT2D eigenvalue weighted by Gasteiger charge is -2.13. The van der Waals surface area contributed by atoms with Gasteiger partial charge in [-0.1, -0.05) is 42.9 Å². The summed E-state index contributed by atoms with van der Waals surface area (Å²) in [4.78, 5) is 27.0. The molecular formula is C22H21ClN4OS. The van der Waals surface area contributed by atoms with Gasteiger partial charge in [0.2, 0.25) is 0 Å². The summed E-state index contributed by atoms with van der Waals surface area (Å²) < 4.78 is 1.85. The highest BCUT2D eigenvalue weighted by molar-refractivity contribution is 7.18. The summed E-state index contributed by atoms with van der Waals surface area (Å²) in [5.41, 5.74) is 4.76. The Hall–Kier alpha value is -2.57. The van der Waals surface area contributed by atoms with Gasteiger partial charge in [0, 0.05) is 31.4 Å². The molecule has 0 aliphatic rings. The minimum absolute atomic E-state index is 0.131. The van der Waals surface area contributed by atoms with Crippen molar-refractivity contribution in [3.05, 3.63) is 69.8 Å². The molecule has 148 valence electrons. The molecule has 0 saturated carbocycles. The van der Waals surface area contributed by atoms with Crippen molar-refractivity contribution in [3.8, 4) is 5.69 Å². The minimum atomic E-state index is 0.131. The van der Waals surface area contributed by atoms with Crippen LogP contribution in [0.25, 0.3) is 16.0 Å². The Morgan fingerprint density at radius 1 is 1.28 bits per heavy atom. The number of pyridine rings is 1. The van der Waals surface area contributed by atoms with E-state index < -0.39 is 0 Å². The number of benzene rings is 1. The van der Waals surface area contributed by atoms with Gasteiger partial charge in [-0.05, 0) is 41.7 Å². The summed E-state index contributed by atoms with van der Waals surface area (Å²) >= 11 is 8.01. The maximum absolute atomic E-state index is 12.8.